The minimum absolute atomic E-state index is 0.242. The van der Waals surface area contributed by atoms with Crippen LogP contribution in [0, 0.1) is 5.92 Å². The van der Waals surface area contributed by atoms with Gasteiger partial charge >= 0.3 is 0 Å². The Bertz CT molecular complexity index is 571. The van der Waals surface area contributed by atoms with E-state index in [1.165, 1.54) is 16.3 Å². The average Bonchev–Trinajstić information content (AvgIpc) is 2.69. The number of hydrogen-bond donors (Lipinski definition) is 0. The fourth-order valence-electron chi connectivity index (χ4n) is 2.80. The predicted octanol–water partition coefficient (Wildman–Crippen LogP) is 3.92. The molecule has 1 saturated carbocycles. The van der Waals surface area contributed by atoms with Gasteiger partial charge in [0, 0.05) is 12.3 Å². The third kappa shape index (κ3) is 1.86. The maximum Gasteiger partial charge on any atom is 0.136 e. The first kappa shape index (κ1) is 10.5. The molecule has 0 bridgehead atoms. The van der Waals surface area contributed by atoms with Gasteiger partial charge in [-0.25, -0.2) is 0 Å². The van der Waals surface area contributed by atoms with Gasteiger partial charge < -0.3 is 0 Å². The van der Waals surface area contributed by atoms with Gasteiger partial charge in [0.15, 0.2) is 0 Å². The summed E-state index contributed by atoms with van der Waals surface area (Å²) in [5.41, 5.74) is 1.32. The van der Waals surface area contributed by atoms with Crippen LogP contribution in [0.5, 0.6) is 0 Å². The molecule has 0 heterocycles. The molecule has 2 atom stereocenters. The molecule has 0 aliphatic heterocycles. The monoisotopic (exact) mass is 224 g/mol. The molecule has 0 unspecified atom stereocenters. The predicted molar refractivity (Wildman–Crippen MR) is 70.1 cm³/mol. The van der Waals surface area contributed by atoms with Gasteiger partial charge in [0.05, 0.1) is 0 Å². The lowest BCUT2D eigenvalue weighted by Crippen LogP contribution is -1.98. The summed E-state index contributed by atoms with van der Waals surface area (Å²) < 4.78 is 0. The largest absolute Gasteiger partial charge is 0.299 e. The highest BCUT2D eigenvalue weighted by atomic mass is 16.1. The Kier molecular flexibility index (Phi) is 2.47. The summed E-state index contributed by atoms with van der Waals surface area (Å²) >= 11 is 0. The second-order valence-corrected chi connectivity index (χ2v) is 5.11. The molecule has 86 valence electrons. The minimum atomic E-state index is 0.242. The third-order valence-electron chi connectivity index (χ3n) is 3.88. The molecular weight excluding hydrogens is 208 g/mol. The summed E-state index contributed by atoms with van der Waals surface area (Å²) in [6, 6.07) is 15.0. The van der Waals surface area contributed by atoms with Crippen molar-refractivity contribution in [3.8, 4) is 0 Å². The molecule has 0 spiro atoms. The van der Waals surface area contributed by atoms with E-state index in [0.29, 0.717) is 11.7 Å². The summed E-state index contributed by atoms with van der Waals surface area (Å²) in [6.45, 7) is 2.05. The average molecular weight is 224 g/mol. The van der Waals surface area contributed by atoms with E-state index in [1.807, 2.05) is 6.92 Å². The fourth-order valence-corrected chi connectivity index (χ4v) is 2.80. The van der Waals surface area contributed by atoms with Gasteiger partial charge in [-0.05, 0) is 28.7 Å². The number of fused-ring (bicyclic) bond motifs is 1. The Hall–Kier alpha value is -1.63. The van der Waals surface area contributed by atoms with Crippen molar-refractivity contribution in [3.05, 3.63) is 48.0 Å². The molecule has 0 radical (unpaired) electrons. The van der Waals surface area contributed by atoms with Crippen LogP contribution >= 0.6 is 0 Å². The Balaban J connectivity index is 1.99. The van der Waals surface area contributed by atoms with E-state index in [-0.39, 0.29) is 5.92 Å². The number of benzene rings is 2. The van der Waals surface area contributed by atoms with Gasteiger partial charge in [-0.2, -0.15) is 0 Å². The van der Waals surface area contributed by atoms with Crippen LogP contribution in [0.1, 0.15) is 31.2 Å². The van der Waals surface area contributed by atoms with E-state index in [9.17, 15) is 4.79 Å². The number of rotatable bonds is 1. The Morgan fingerprint density at radius 2 is 1.82 bits per heavy atom. The molecule has 1 fully saturated rings. The SMILES string of the molecule is C[C@H]1C[C@@H](c2ccc3ccccc3c2)CC1=O. The standard InChI is InChI=1S/C16H16O/c1-11-8-15(10-16(11)17)14-7-6-12-4-2-3-5-13(12)9-14/h2-7,9,11,15H,8,10H2,1H3/t11-,15+/m0/s1. The Morgan fingerprint density at radius 1 is 1.06 bits per heavy atom. The molecule has 1 nitrogen and oxygen atoms in total. The first-order valence-corrected chi connectivity index (χ1v) is 6.25. The molecule has 17 heavy (non-hydrogen) atoms. The molecule has 0 aromatic heterocycles. The fraction of sp³-hybridized carbons (Fsp3) is 0.312. The van der Waals surface area contributed by atoms with Gasteiger partial charge in [-0.3, -0.25) is 4.79 Å². The normalized spacial score (nSPS) is 24.4. The quantitative estimate of drug-likeness (QED) is 0.717. The van der Waals surface area contributed by atoms with Crippen molar-refractivity contribution in [2.45, 2.75) is 25.7 Å². The highest BCUT2D eigenvalue weighted by Gasteiger charge is 2.29. The summed E-state index contributed by atoms with van der Waals surface area (Å²) in [6.07, 6.45) is 1.73. The van der Waals surface area contributed by atoms with Gasteiger partial charge in [-0.15, -0.1) is 0 Å². The summed E-state index contributed by atoms with van der Waals surface area (Å²) in [7, 11) is 0. The zero-order valence-corrected chi connectivity index (χ0v) is 10.0. The van der Waals surface area contributed by atoms with E-state index in [2.05, 4.69) is 42.5 Å². The van der Waals surface area contributed by atoms with Gasteiger partial charge in [0.1, 0.15) is 5.78 Å². The molecule has 0 amide bonds. The molecule has 0 saturated heterocycles. The first-order valence-electron chi connectivity index (χ1n) is 6.25. The van der Waals surface area contributed by atoms with Gasteiger partial charge in [0.2, 0.25) is 0 Å². The van der Waals surface area contributed by atoms with Crippen molar-refractivity contribution in [1.29, 1.82) is 0 Å². The van der Waals surface area contributed by atoms with Crippen molar-refractivity contribution in [2.24, 2.45) is 5.92 Å². The van der Waals surface area contributed by atoms with Crippen molar-refractivity contribution < 1.29 is 4.79 Å². The number of carbonyl (C=O) groups excluding carboxylic acids is 1. The van der Waals surface area contributed by atoms with E-state index in [1.54, 1.807) is 0 Å². The maximum atomic E-state index is 11.6. The van der Waals surface area contributed by atoms with Crippen molar-refractivity contribution in [2.75, 3.05) is 0 Å². The number of ketones is 1. The van der Waals surface area contributed by atoms with E-state index < -0.39 is 0 Å². The van der Waals surface area contributed by atoms with Crippen molar-refractivity contribution in [1.82, 2.24) is 0 Å². The van der Waals surface area contributed by atoms with Crippen LogP contribution in [-0.4, -0.2) is 5.78 Å². The minimum Gasteiger partial charge on any atom is -0.299 e. The van der Waals surface area contributed by atoms with Crippen LogP contribution in [0.4, 0.5) is 0 Å². The van der Waals surface area contributed by atoms with E-state index in [0.717, 1.165) is 12.8 Å². The molecular formula is C16H16O. The van der Waals surface area contributed by atoms with Crippen molar-refractivity contribution in [3.63, 3.8) is 0 Å². The Labute approximate surface area is 101 Å². The van der Waals surface area contributed by atoms with Crippen LogP contribution < -0.4 is 0 Å². The summed E-state index contributed by atoms with van der Waals surface area (Å²) in [5.74, 6) is 1.09. The van der Waals surface area contributed by atoms with Crippen LogP contribution in [0.15, 0.2) is 42.5 Å². The molecule has 1 aliphatic rings. The second-order valence-electron chi connectivity index (χ2n) is 5.11. The lowest BCUT2D eigenvalue weighted by atomic mass is 9.94. The molecule has 2 aromatic carbocycles. The van der Waals surface area contributed by atoms with Crippen LogP contribution in [-0.2, 0) is 4.79 Å². The zero-order chi connectivity index (χ0) is 11.8. The summed E-state index contributed by atoms with van der Waals surface area (Å²) in [4.78, 5) is 11.6. The van der Waals surface area contributed by atoms with Gasteiger partial charge in [-0.1, -0.05) is 49.4 Å². The molecule has 0 N–H and O–H groups in total. The van der Waals surface area contributed by atoms with Gasteiger partial charge in [0.25, 0.3) is 0 Å². The molecule has 1 heteroatoms. The van der Waals surface area contributed by atoms with Crippen LogP contribution in [0.3, 0.4) is 0 Å². The Morgan fingerprint density at radius 3 is 2.53 bits per heavy atom. The van der Waals surface area contributed by atoms with E-state index >= 15 is 0 Å². The molecule has 1 aliphatic carbocycles. The van der Waals surface area contributed by atoms with E-state index in [4.69, 9.17) is 0 Å². The first-order chi connectivity index (χ1) is 8.24. The highest BCUT2D eigenvalue weighted by molar-refractivity contribution is 5.86. The topological polar surface area (TPSA) is 17.1 Å². The van der Waals surface area contributed by atoms with Crippen LogP contribution in [0.2, 0.25) is 0 Å². The smallest absolute Gasteiger partial charge is 0.136 e. The number of Topliss-reactive ketones (excluding diaryl/α,β-unsaturated/α-hetero) is 1. The maximum absolute atomic E-state index is 11.6. The third-order valence-corrected chi connectivity index (χ3v) is 3.88. The lowest BCUT2D eigenvalue weighted by Gasteiger charge is -2.10. The van der Waals surface area contributed by atoms with Crippen LogP contribution in [0.25, 0.3) is 10.8 Å². The lowest BCUT2D eigenvalue weighted by molar-refractivity contribution is -0.120. The second kappa shape index (κ2) is 3.99. The molecule has 2 aromatic rings. The number of hydrogen-bond acceptors (Lipinski definition) is 1. The zero-order valence-electron chi connectivity index (χ0n) is 10.0. The van der Waals surface area contributed by atoms with Crippen molar-refractivity contribution >= 4 is 16.6 Å². The highest BCUT2D eigenvalue weighted by Crippen LogP contribution is 2.36. The summed E-state index contributed by atoms with van der Waals surface area (Å²) in [5, 5.41) is 2.55. The molecule has 3 rings (SSSR count). The number of carbonyl (C=O) groups is 1.